The number of hydrogen-bond donors (Lipinski definition) is 0. The molecule has 1 aliphatic rings. The Morgan fingerprint density at radius 1 is 1.11 bits per heavy atom. The van der Waals surface area contributed by atoms with Gasteiger partial charge in [0.1, 0.15) is 0 Å². The van der Waals surface area contributed by atoms with Crippen LogP contribution in [0.2, 0.25) is 0 Å². The molecule has 3 aromatic rings. The van der Waals surface area contributed by atoms with E-state index >= 15 is 0 Å². The normalized spacial score (nSPS) is 15.1. The Morgan fingerprint density at radius 3 is 2.53 bits per heavy atom. The van der Waals surface area contributed by atoms with E-state index in [0.717, 1.165) is 11.3 Å². The molecule has 0 spiro atoms. The van der Waals surface area contributed by atoms with Gasteiger partial charge in [0.2, 0.25) is 0 Å². The van der Waals surface area contributed by atoms with E-state index in [0.29, 0.717) is 50.9 Å². The Balaban J connectivity index is 1.95. The summed E-state index contributed by atoms with van der Waals surface area (Å²) in [4.78, 5) is 42.5. The fourth-order valence-electron chi connectivity index (χ4n) is 4.22. The molecule has 0 unspecified atom stereocenters. The Kier molecular flexibility index (Phi) is 8.06. The summed E-state index contributed by atoms with van der Waals surface area (Å²) in [5.41, 5.74) is 1.34. The molecule has 0 radical (unpaired) electrons. The lowest BCUT2D eigenvalue weighted by molar-refractivity contribution is -0.384. The second-order valence-corrected chi connectivity index (χ2v) is 9.24. The van der Waals surface area contributed by atoms with Crippen LogP contribution in [0.25, 0.3) is 6.08 Å². The SMILES string of the molecule is CCOC(=O)C1=C(C)N=c2s/c(=C\c3cccc([N+](=O)[O-])c3)c(=O)n2[C@@H]1c1ccc(OCC)c(OCC)c1. The summed E-state index contributed by atoms with van der Waals surface area (Å²) in [6.45, 7) is 8.14. The molecule has 10 nitrogen and oxygen atoms in total. The van der Waals surface area contributed by atoms with Crippen molar-refractivity contribution >= 4 is 29.1 Å². The number of ether oxygens (including phenoxy) is 3. The summed E-state index contributed by atoms with van der Waals surface area (Å²) in [5, 5.41) is 11.2. The van der Waals surface area contributed by atoms with Gasteiger partial charge in [0.05, 0.1) is 46.6 Å². The lowest BCUT2D eigenvalue weighted by Gasteiger charge is -2.25. The lowest BCUT2D eigenvalue weighted by atomic mass is 9.95. The molecule has 2 aromatic carbocycles. The number of carbonyl (C=O) groups excluding carboxylic acids is 1. The van der Waals surface area contributed by atoms with Gasteiger partial charge in [0.25, 0.3) is 11.2 Å². The maximum Gasteiger partial charge on any atom is 0.338 e. The number of nitro groups is 1. The van der Waals surface area contributed by atoms with E-state index in [9.17, 15) is 19.7 Å². The standard InChI is InChI=1S/C27H27N3O7S/c1-5-35-20-12-11-18(15-21(20)36-6-2)24-23(26(32)37-7-3)16(4)28-27-29(24)25(31)22(38-27)14-17-9-8-10-19(13-17)30(33)34/h8-15,24H,5-7H2,1-4H3/b22-14-/t24-/m1/s1. The first-order chi connectivity index (χ1) is 18.3. The van der Waals surface area contributed by atoms with Crippen molar-refractivity contribution in [1.29, 1.82) is 0 Å². The number of thiazole rings is 1. The Hall–Kier alpha value is -4.25. The van der Waals surface area contributed by atoms with Crippen LogP contribution >= 0.6 is 11.3 Å². The molecule has 0 N–H and O–H groups in total. The van der Waals surface area contributed by atoms with Crippen LogP contribution in [0, 0.1) is 10.1 Å². The Bertz CT molecular complexity index is 1600. The maximum atomic E-state index is 13.8. The summed E-state index contributed by atoms with van der Waals surface area (Å²) in [6, 6.07) is 10.5. The zero-order valence-electron chi connectivity index (χ0n) is 21.4. The van der Waals surface area contributed by atoms with Gasteiger partial charge in [-0.2, -0.15) is 0 Å². The molecule has 0 amide bonds. The smallest absolute Gasteiger partial charge is 0.338 e. The molecule has 0 saturated carbocycles. The minimum Gasteiger partial charge on any atom is -0.490 e. The van der Waals surface area contributed by atoms with Gasteiger partial charge in [-0.25, -0.2) is 9.79 Å². The highest BCUT2D eigenvalue weighted by molar-refractivity contribution is 7.07. The van der Waals surface area contributed by atoms with Crippen LogP contribution in [0.5, 0.6) is 11.5 Å². The van der Waals surface area contributed by atoms with Crippen LogP contribution in [0.3, 0.4) is 0 Å². The van der Waals surface area contributed by atoms with Crippen molar-refractivity contribution in [1.82, 2.24) is 4.57 Å². The third kappa shape index (κ3) is 5.23. The number of aromatic nitrogens is 1. The highest BCUT2D eigenvalue weighted by Gasteiger charge is 2.34. The van der Waals surface area contributed by atoms with Gasteiger partial charge in [-0.1, -0.05) is 29.5 Å². The number of benzene rings is 2. The number of esters is 1. The van der Waals surface area contributed by atoms with Crippen molar-refractivity contribution in [3.63, 3.8) is 0 Å². The number of fused-ring (bicyclic) bond motifs is 1. The first-order valence-electron chi connectivity index (χ1n) is 12.1. The van der Waals surface area contributed by atoms with Crippen molar-refractivity contribution in [2.45, 2.75) is 33.7 Å². The van der Waals surface area contributed by atoms with E-state index in [2.05, 4.69) is 4.99 Å². The first kappa shape index (κ1) is 26.8. The van der Waals surface area contributed by atoms with Crippen LogP contribution in [-0.2, 0) is 9.53 Å². The molecule has 4 rings (SSSR count). The van der Waals surface area contributed by atoms with E-state index < -0.39 is 16.9 Å². The van der Waals surface area contributed by atoms with Gasteiger partial charge in [0.15, 0.2) is 16.3 Å². The zero-order chi connectivity index (χ0) is 27.4. The molecule has 0 bridgehead atoms. The molecule has 1 atom stereocenters. The highest BCUT2D eigenvalue weighted by atomic mass is 32.1. The number of carbonyl (C=O) groups is 1. The average molecular weight is 538 g/mol. The van der Waals surface area contributed by atoms with Crippen molar-refractivity contribution in [3.05, 3.63) is 94.7 Å². The van der Waals surface area contributed by atoms with E-state index in [1.54, 1.807) is 50.3 Å². The average Bonchev–Trinajstić information content (AvgIpc) is 3.19. The van der Waals surface area contributed by atoms with Crippen molar-refractivity contribution < 1.29 is 23.9 Å². The Morgan fingerprint density at radius 2 is 1.84 bits per heavy atom. The van der Waals surface area contributed by atoms with E-state index in [4.69, 9.17) is 14.2 Å². The number of non-ortho nitro benzene ring substituents is 1. The van der Waals surface area contributed by atoms with Crippen molar-refractivity contribution in [2.75, 3.05) is 19.8 Å². The molecule has 1 aliphatic heterocycles. The topological polar surface area (TPSA) is 122 Å². The van der Waals surface area contributed by atoms with Crippen molar-refractivity contribution in [2.24, 2.45) is 4.99 Å². The molecule has 38 heavy (non-hydrogen) atoms. The molecule has 198 valence electrons. The van der Waals surface area contributed by atoms with E-state index in [1.165, 1.54) is 16.7 Å². The molecule has 2 heterocycles. The number of hydrogen-bond acceptors (Lipinski definition) is 9. The summed E-state index contributed by atoms with van der Waals surface area (Å²) >= 11 is 1.14. The van der Waals surface area contributed by atoms with Gasteiger partial charge in [-0.3, -0.25) is 19.5 Å². The highest BCUT2D eigenvalue weighted by Crippen LogP contribution is 2.36. The fourth-order valence-corrected chi connectivity index (χ4v) is 5.27. The molecule has 11 heteroatoms. The van der Waals surface area contributed by atoms with Crippen molar-refractivity contribution in [3.8, 4) is 11.5 Å². The minimum absolute atomic E-state index is 0.0808. The summed E-state index contributed by atoms with van der Waals surface area (Å²) in [5.74, 6) is 0.469. The summed E-state index contributed by atoms with van der Waals surface area (Å²) in [6.07, 6.45) is 1.58. The van der Waals surface area contributed by atoms with Crippen LogP contribution in [-0.4, -0.2) is 35.3 Å². The van der Waals surface area contributed by atoms with Gasteiger partial charge >= 0.3 is 5.97 Å². The maximum absolute atomic E-state index is 13.8. The fraction of sp³-hybridized carbons (Fsp3) is 0.296. The van der Waals surface area contributed by atoms with E-state index in [-0.39, 0.29) is 23.4 Å². The minimum atomic E-state index is -0.826. The zero-order valence-corrected chi connectivity index (χ0v) is 22.2. The quantitative estimate of drug-likeness (QED) is 0.233. The molecule has 0 fully saturated rings. The lowest BCUT2D eigenvalue weighted by Crippen LogP contribution is -2.40. The third-order valence-electron chi connectivity index (χ3n) is 5.78. The van der Waals surface area contributed by atoms with E-state index in [1.807, 2.05) is 13.8 Å². The van der Waals surface area contributed by atoms with Gasteiger partial charge < -0.3 is 14.2 Å². The van der Waals surface area contributed by atoms with Gasteiger partial charge in [-0.05, 0) is 57.0 Å². The van der Waals surface area contributed by atoms with Gasteiger partial charge in [-0.15, -0.1) is 0 Å². The molecule has 0 aliphatic carbocycles. The molecule has 0 saturated heterocycles. The van der Waals surface area contributed by atoms with Crippen LogP contribution in [0.15, 0.2) is 63.5 Å². The number of nitro benzene ring substituents is 1. The predicted molar refractivity (Wildman–Crippen MR) is 142 cm³/mol. The van der Waals surface area contributed by atoms with Crippen LogP contribution in [0.4, 0.5) is 5.69 Å². The number of allylic oxidation sites excluding steroid dienone is 1. The van der Waals surface area contributed by atoms with Crippen LogP contribution in [0.1, 0.15) is 44.9 Å². The predicted octanol–water partition coefficient (Wildman–Crippen LogP) is 3.50. The number of rotatable bonds is 9. The largest absolute Gasteiger partial charge is 0.490 e. The van der Waals surface area contributed by atoms with Crippen LogP contribution < -0.4 is 24.4 Å². The monoisotopic (exact) mass is 537 g/mol. The molecule has 1 aromatic heterocycles. The number of nitrogens with zero attached hydrogens (tertiary/aromatic N) is 3. The second kappa shape index (κ2) is 11.4. The summed E-state index contributed by atoms with van der Waals surface area (Å²) < 4.78 is 18.6. The summed E-state index contributed by atoms with van der Waals surface area (Å²) in [7, 11) is 0. The van der Waals surface area contributed by atoms with Gasteiger partial charge in [0, 0.05) is 12.1 Å². The third-order valence-corrected chi connectivity index (χ3v) is 6.76. The Labute approximate surface area is 222 Å². The molecular formula is C27H27N3O7S. The first-order valence-corrected chi connectivity index (χ1v) is 12.9. The second-order valence-electron chi connectivity index (χ2n) is 8.23. The molecular weight excluding hydrogens is 510 g/mol.